The Kier molecular flexibility index (Phi) is 8.64. The Balaban J connectivity index is 2.73. The fourth-order valence-corrected chi connectivity index (χ4v) is 2.39. The summed E-state index contributed by atoms with van der Waals surface area (Å²) in [4.78, 5) is 56.3. The molecule has 0 aliphatic rings. The fraction of sp³-hybridized carbons (Fsp3) is 0.389. The van der Waals surface area contributed by atoms with Crippen LogP contribution in [0.4, 0.5) is 0 Å². The molecule has 2 N–H and O–H groups in total. The first-order valence-electron chi connectivity index (χ1n) is 8.27. The highest BCUT2D eigenvalue weighted by Crippen LogP contribution is 2.06. The van der Waals surface area contributed by atoms with Crippen LogP contribution in [-0.4, -0.2) is 41.6 Å². The first-order chi connectivity index (χ1) is 12.7. The van der Waals surface area contributed by atoms with E-state index in [4.69, 9.17) is 0 Å². The van der Waals surface area contributed by atoms with Crippen LogP contribution < -0.4 is 20.8 Å². The van der Waals surface area contributed by atoms with E-state index in [1.54, 1.807) is 30.3 Å². The summed E-state index contributed by atoms with van der Waals surface area (Å²) in [6, 6.07) is 6.38. The molecule has 2 atom stereocenters. The molecule has 0 aliphatic heterocycles. The minimum atomic E-state index is -1.85. The van der Waals surface area contributed by atoms with Crippen LogP contribution in [0.2, 0.25) is 0 Å². The van der Waals surface area contributed by atoms with Gasteiger partial charge in [0, 0.05) is 19.8 Å². The second-order valence-corrected chi connectivity index (χ2v) is 5.93. The van der Waals surface area contributed by atoms with Gasteiger partial charge < -0.3 is 30.4 Å². The maximum atomic E-state index is 12.4. The van der Waals surface area contributed by atoms with Gasteiger partial charge in [-0.15, -0.1) is 0 Å². The van der Waals surface area contributed by atoms with Crippen molar-refractivity contribution in [3.8, 4) is 0 Å². The molecule has 0 radical (unpaired) electrons. The molecule has 9 nitrogen and oxygen atoms in total. The van der Waals surface area contributed by atoms with Crippen molar-refractivity contribution in [3.63, 3.8) is 0 Å². The SMILES string of the molecule is CC(=O)N[C@@H](Cc1ccccc1)C(=O)N[C@@H](CCCC(=O)C(=O)[O-])C(=O)[O-]. The van der Waals surface area contributed by atoms with E-state index in [0.29, 0.717) is 0 Å². The lowest BCUT2D eigenvalue weighted by Gasteiger charge is -2.24. The summed E-state index contributed by atoms with van der Waals surface area (Å²) in [5, 5.41) is 26.3. The van der Waals surface area contributed by atoms with E-state index in [1.807, 2.05) is 0 Å². The lowest BCUT2D eigenvalue weighted by Crippen LogP contribution is -2.54. The van der Waals surface area contributed by atoms with Crippen molar-refractivity contribution in [1.29, 1.82) is 0 Å². The maximum absolute atomic E-state index is 12.4. The van der Waals surface area contributed by atoms with Gasteiger partial charge >= 0.3 is 0 Å². The highest BCUT2D eigenvalue weighted by atomic mass is 16.4. The molecule has 1 aromatic carbocycles. The molecule has 0 fully saturated rings. The van der Waals surface area contributed by atoms with E-state index in [0.717, 1.165) is 5.56 Å². The molecule has 0 bridgehead atoms. The van der Waals surface area contributed by atoms with Gasteiger partial charge in [-0.3, -0.25) is 14.4 Å². The van der Waals surface area contributed by atoms with Gasteiger partial charge in [0.15, 0.2) is 5.78 Å². The number of hydrogen-bond acceptors (Lipinski definition) is 7. The number of rotatable bonds is 11. The number of carbonyl (C=O) groups excluding carboxylic acids is 5. The second-order valence-electron chi connectivity index (χ2n) is 5.93. The van der Waals surface area contributed by atoms with E-state index < -0.39 is 48.0 Å². The second kappa shape index (κ2) is 10.7. The number of aliphatic carboxylic acids is 2. The molecule has 9 heteroatoms. The summed E-state index contributed by atoms with van der Waals surface area (Å²) in [6.07, 6.45) is -0.559. The number of amides is 2. The number of hydrogen-bond donors (Lipinski definition) is 2. The van der Waals surface area contributed by atoms with Crippen LogP contribution in [0.1, 0.15) is 31.7 Å². The quantitative estimate of drug-likeness (QED) is 0.403. The van der Waals surface area contributed by atoms with Crippen LogP contribution in [-0.2, 0) is 30.4 Å². The van der Waals surface area contributed by atoms with Crippen molar-refractivity contribution < 1.29 is 34.2 Å². The van der Waals surface area contributed by atoms with E-state index in [1.165, 1.54) is 6.92 Å². The molecular weight excluding hydrogens is 356 g/mol. The Labute approximate surface area is 155 Å². The molecule has 1 rings (SSSR count). The lowest BCUT2D eigenvalue weighted by atomic mass is 10.0. The zero-order chi connectivity index (χ0) is 20.4. The highest BCUT2D eigenvalue weighted by Gasteiger charge is 2.23. The van der Waals surface area contributed by atoms with Crippen molar-refractivity contribution in [2.45, 2.75) is 44.7 Å². The van der Waals surface area contributed by atoms with Gasteiger partial charge in [-0.25, -0.2) is 0 Å². The van der Waals surface area contributed by atoms with Gasteiger partial charge in [-0.2, -0.15) is 0 Å². The number of carbonyl (C=O) groups is 5. The third-order valence-electron chi connectivity index (χ3n) is 3.70. The van der Waals surface area contributed by atoms with Gasteiger partial charge in [0.25, 0.3) is 0 Å². The molecule has 0 spiro atoms. The summed E-state index contributed by atoms with van der Waals surface area (Å²) in [5.41, 5.74) is 0.760. The molecule has 146 valence electrons. The summed E-state index contributed by atoms with van der Waals surface area (Å²) in [6.45, 7) is 1.23. The van der Waals surface area contributed by atoms with Crippen LogP contribution in [0.3, 0.4) is 0 Å². The molecule has 27 heavy (non-hydrogen) atoms. The summed E-state index contributed by atoms with van der Waals surface area (Å²) >= 11 is 0. The van der Waals surface area contributed by atoms with Gasteiger partial charge in [-0.05, 0) is 18.4 Å². The Hall–Kier alpha value is -3.23. The summed E-state index contributed by atoms with van der Waals surface area (Å²) < 4.78 is 0. The number of ketones is 1. The monoisotopic (exact) mass is 376 g/mol. The molecule has 0 heterocycles. The maximum Gasteiger partial charge on any atom is 0.243 e. The average molecular weight is 376 g/mol. The molecule has 0 aliphatic carbocycles. The molecular formula is C18H20N2O7-2. The number of Topliss-reactive ketones (excluding diaryl/α,β-unsaturated/α-hetero) is 1. The summed E-state index contributed by atoms with van der Waals surface area (Å²) in [7, 11) is 0. The molecule has 1 aromatic rings. The van der Waals surface area contributed by atoms with Crippen molar-refractivity contribution in [2.75, 3.05) is 0 Å². The molecule has 2 amide bonds. The van der Waals surface area contributed by atoms with Crippen LogP contribution in [0.5, 0.6) is 0 Å². The van der Waals surface area contributed by atoms with Crippen LogP contribution in [0.25, 0.3) is 0 Å². The first-order valence-corrected chi connectivity index (χ1v) is 8.27. The van der Waals surface area contributed by atoms with Gasteiger partial charge in [0.2, 0.25) is 11.8 Å². The first kappa shape index (κ1) is 21.8. The number of benzene rings is 1. The minimum Gasteiger partial charge on any atom is -0.548 e. The lowest BCUT2D eigenvalue weighted by molar-refractivity contribution is -0.308. The topological polar surface area (TPSA) is 156 Å². The number of carboxylic acid groups (broad SMARTS) is 2. The van der Waals surface area contributed by atoms with Crippen molar-refractivity contribution in [2.24, 2.45) is 0 Å². The molecule has 0 unspecified atom stereocenters. The Morgan fingerprint density at radius 1 is 0.963 bits per heavy atom. The summed E-state index contributed by atoms with van der Waals surface area (Å²) in [5.74, 6) is -5.77. The third-order valence-corrected chi connectivity index (χ3v) is 3.70. The smallest absolute Gasteiger partial charge is 0.243 e. The number of carboxylic acids is 2. The van der Waals surface area contributed by atoms with Crippen molar-refractivity contribution in [1.82, 2.24) is 10.6 Å². The molecule has 0 saturated heterocycles. The van der Waals surface area contributed by atoms with E-state index in [2.05, 4.69) is 10.6 Å². The normalized spacial score (nSPS) is 12.5. The standard InChI is InChI=1S/C18H22N2O7/c1-11(21)19-14(10-12-6-3-2-4-7-12)16(23)20-13(17(24)25)8-5-9-15(22)18(26)27/h2-4,6-7,13-14H,5,8-10H2,1H3,(H,19,21)(H,20,23)(H,24,25)(H,26,27)/p-2/t13-,14-/m0/s1. The highest BCUT2D eigenvalue weighted by molar-refractivity contribution is 6.31. The molecule has 0 saturated carbocycles. The van der Waals surface area contributed by atoms with Crippen LogP contribution in [0, 0.1) is 0 Å². The average Bonchev–Trinajstić information content (AvgIpc) is 2.60. The number of nitrogens with one attached hydrogen (secondary N) is 2. The van der Waals surface area contributed by atoms with Gasteiger partial charge in [0.1, 0.15) is 12.0 Å². The van der Waals surface area contributed by atoms with E-state index in [-0.39, 0.29) is 19.3 Å². The molecule has 0 aromatic heterocycles. The zero-order valence-corrected chi connectivity index (χ0v) is 14.7. The zero-order valence-electron chi connectivity index (χ0n) is 14.7. The van der Waals surface area contributed by atoms with Crippen LogP contribution in [0.15, 0.2) is 30.3 Å². The minimum absolute atomic E-state index is 0.0881. The Bertz CT molecular complexity index is 703. The van der Waals surface area contributed by atoms with Crippen molar-refractivity contribution in [3.05, 3.63) is 35.9 Å². The van der Waals surface area contributed by atoms with Crippen molar-refractivity contribution >= 4 is 29.5 Å². The van der Waals surface area contributed by atoms with E-state index in [9.17, 15) is 34.2 Å². The van der Waals surface area contributed by atoms with Gasteiger partial charge in [-0.1, -0.05) is 30.3 Å². The Morgan fingerprint density at radius 2 is 1.59 bits per heavy atom. The largest absolute Gasteiger partial charge is 0.548 e. The Morgan fingerprint density at radius 3 is 2.11 bits per heavy atom. The van der Waals surface area contributed by atoms with E-state index >= 15 is 0 Å². The fourth-order valence-electron chi connectivity index (χ4n) is 2.39. The predicted molar refractivity (Wildman–Crippen MR) is 88.6 cm³/mol. The predicted octanol–water partition coefficient (Wildman–Crippen LogP) is -2.54. The third kappa shape index (κ3) is 8.13. The van der Waals surface area contributed by atoms with Gasteiger partial charge in [0.05, 0.1) is 12.0 Å². The van der Waals surface area contributed by atoms with Crippen LogP contribution >= 0.6 is 0 Å².